The van der Waals surface area contributed by atoms with E-state index in [-0.39, 0.29) is 0 Å². The van der Waals surface area contributed by atoms with E-state index in [0.29, 0.717) is 12.1 Å². The lowest BCUT2D eigenvalue weighted by atomic mass is 10.1. The predicted octanol–water partition coefficient (Wildman–Crippen LogP) is 1.85. The van der Waals surface area contributed by atoms with Crippen molar-refractivity contribution in [3.63, 3.8) is 0 Å². The molecule has 84 valence electrons. The van der Waals surface area contributed by atoms with E-state index in [1.165, 1.54) is 0 Å². The van der Waals surface area contributed by atoms with E-state index in [9.17, 15) is 5.11 Å². The molecule has 4 nitrogen and oxygen atoms in total. The van der Waals surface area contributed by atoms with Crippen LogP contribution in [-0.2, 0) is 13.5 Å². The Balaban J connectivity index is 2.14. The number of nitrogens with zero attached hydrogens (tertiary/aromatic N) is 3. The zero-order chi connectivity index (χ0) is 11.5. The van der Waals surface area contributed by atoms with Crippen molar-refractivity contribution < 1.29 is 5.11 Å². The maximum Gasteiger partial charge on any atom is 0.103 e. The molecule has 1 atom stereocenters. The molecular weight excluding hydrogens is 270 g/mol. The summed E-state index contributed by atoms with van der Waals surface area (Å²) in [7, 11) is 1.85. The molecule has 2 heterocycles. The first-order valence-electron chi connectivity index (χ1n) is 4.94. The van der Waals surface area contributed by atoms with Crippen LogP contribution in [-0.4, -0.2) is 19.9 Å². The number of aromatic nitrogens is 3. The van der Waals surface area contributed by atoms with Crippen molar-refractivity contribution in [2.75, 3.05) is 0 Å². The van der Waals surface area contributed by atoms with Gasteiger partial charge in [0, 0.05) is 30.3 Å². The molecule has 16 heavy (non-hydrogen) atoms. The molecule has 2 rings (SSSR count). The second-order valence-electron chi connectivity index (χ2n) is 3.57. The van der Waals surface area contributed by atoms with Crippen molar-refractivity contribution >= 4 is 15.9 Å². The summed E-state index contributed by atoms with van der Waals surface area (Å²) in [5, 5.41) is 14.2. The number of aryl methyl sites for hydroxylation is 1. The first-order valence-corrected chi connectivity index (χ1v) is 5.73. The van der Waals surface area contributed by atoms with Crippen LogP contribution >= 0.6 is 15.9 Å². The van der Waals surface area contributed by atoms with E-state index in [4.69, 9.17) is 0 Å². The molecule has 5 heteroatoms. The predicted molar refractivity (Wildman–Crippen MR) is 63.8 cm³/mol. The molecule has 0 amide bonds. The summed E-state index contributed by atoms with van der Waals surface area (Å²) in [5.74, 6) is 0. The van der Waals surface area contributed by atoms with Crippen molar-refractivity contribution in [2.45, 2.75) is 12.5 Å². The lowest BCUT2D eigenvalue weighted by Gasteiger charge is -2.09. The van der Waals surface area contributed by atoms with Crippen molar-refractivity contribution in [3.8, 4) is 0 Å². The Bertz CT molecular complexity index is 484. The van der Waals surface area contributed by atoms with Gasteiger partial charge in [0.05, 0.1) is 11.4 Å². The number of hydrogen-bond acceptors (Lipinski definition) is 3. The van der Waals surface area contributed by atoms with E-state index in [2.05, 4.69) is 26.0 Å². The molecule has 0 bridgehead atoms. The SMILES string of the molecule is Cn1ccc(CC(O)c2ncccc2Br)n1. The molecule has 0 radical (unpaired) electrons. The van der Waals surface area contributed by atoms with Crippen molar-refractivity contribution in [1.29, 1.82) is 0 Å². The topological polar surface area (TPSA) is 50.9 Å². The molecule has 0 aromatic carbocycles. The minimum atomic E-state index is -0.634. The number of hydrogen-bond donors (Lipinski definition) is 1. The van der Waals surface area contributed by atoms with Gasteiger partial charge < -0.3 is 5.11 Å². The Morgan fingerprint density at radius 2 is 2.31 bits per heavy atom. The van der Waals surface area contributed by atoms with E-state index in [0.717, 1.165) is 10.2 Å². The van der Waals surface area contributed by atoms with E-state index in [1.54, 1.807) is 10.9 Å². The fourth-order valence-electron chi connectivity index (χ4n) is 1.51. The van der Waals surface area contributed by atoms with Gasteiger partial charge in [-0.2, -0.15) is 5.10 Å². The molecule has 0 aliphatic rings. The van der Waals surface area contributed by atoms with Gasteiger partial charge in [-0.1, -0.05) is 0 Å². The third kappa shape index (κ3) is 2.48. The highest BCUT2D eigenvalue weighted by Crippen LogP contribution is 2.22. The highest BCUT2D eigenvalue weighted by molar-refractivity contribution is 9.10. The molecule has 0 aliphatic carbocycles. The van der Waals surface area contributed by atoms with Crippen molar-refractivity contribution in [3.05, 3.63) is 46.5 Å². The smallest absolute Gasteiger partial charge is 0.103 e. The molecule has 0 saturated heterocycles. The molecular formula is C11H12BrN3O. The van der Waals surface area contributed by atoms with Crippen molar-refractivity contribution in [2.24, 2.45) is 7.05 Å². The highest BCUT2D eigenvalue weighted by Gasteiger charge is 2.14. The van der Waals surface area contributed by atoms with Gasteiger partial charge in [0.1, 0.15) is 6.10 Å². The van der Waals surface area contributed by atoms with Crippen LogP contribution in [0.5, 0.6) is 0 Å². The maximum absolute atomic E-state index is 10.0. The molecule has 0 saturated carbocycles. The fraction of sp³-hybridized carbons (Fsp3) is 0.273. The Morgan fingerprint density at radius 3 is 2.94 bits per heavy atom. The van der Waals surface area contributed by atoms with E-state index < -0.39 is 6.10 Å². The van der Waals surface area contributed by atoms with Gasteiger partial charge in [-0.05, 0) is 34.1 Å². The largest absolute Gasteiger partial charge is 0.386 e. The maximum atomic E-state index is 10.0. The van der Waals surface area contributed by atoms with E-state index in [1.807, 2.05) is 31.4 Å². The average molecular weight is 282 g/mol. The third-order valence-corrected chi connectivity index (χ3v) is 2.94. The van der Waals surface area contributed by atoms with Gasteiger partial charge in [0.15, 0.2) is 0 Å². The first-order chi connectivity index (χ1) is 7.66. The quantitative estimate of drug-likeness (QED) is 0.934. The third-order valence-electron chi connectivity index (χ3n) is 2.27. The number of rotatable bonds is 3. The normalized spacial score (nSPS) is 12.7. The zero-order valence-corrected chi connectivity index (χ0v) is 10.4. The Labute approximate surface area is 102 Å². The number of halogens is 1. The minimum absolute atomic E-state index is 0.469. The summed E-state index contributed by atoms with van der Waals surface area (Å²) >= 11 is 3.37. The average Bonchev–Trinajstić information content (AvgIpc) is 2.64. The summed E-state index contributed by atoms with van der Waals surface area (Å²) < 4.78 is 2.54. The fourth-order valence-corrected chi connectivity index (χ4v) is 2.03. The lowest BCUT2D eigenvalue weighted by Crippen LogP contribution is -2.05. The molecule has 1 N–H and O–H groups in total. The van der Waals surface area contributed by atoms with Gasteiger partial charge in [-0.3, -0.25) is 9.67 Å². The monoisotopic (exact) mass is 281 g/mol. The van der Waals surface area contributed by atoms with Crippen LogP contribution < -0.4 is 0 Å². The van der Waals surface area contributed by atoms with Gasteiger partial charge in [-0.15, -0.1) is 0 Å². The number of pyridine rings is 1. The zero-order valence-electron chi connectivity index (χ0n) is 8.84. The summed E-state index contributed by atoms with van der Waals surface area (Å²) in [5.41, 5.74) is 1.50. The van der Waals surface area contributed by atoms with Gasteiger partial charge in [0.2, 0.25) is 0 Å². The van der Waals surface area contributed by atoms with Gasteiger partial charge in [-0.25, -0.2) is 0 Å². The minimum Gasteiger partial charge on any atom is -0.386 e. The van der Waals surface area contributed by atoms with Crippen molar-refractivity contribution in [1.82, 2.24) is 14.8 Å². The van der Waals surface area contributed by atoms with Crippen LogP contribution in [0.3, 0.4) is 0 Å². The second-order valence-corrected chi connectivity index (χ2v) is 4.43. The second kappa shape index (κ2) is 4.76. The first kappa shape index (κ1) is 11.3. The van der Waals surface area contributed by atoms with Crippen LogP contribution in [0.15, 0.2) is 35.1 Å². The lowest BCUT2D eigenvalue weighted by molar-refractivity contribution is 0.171. The summed E-state index contributed by atoms with van der Waals surface area (Å²) in [4.78, 5) is 4.15. The number of aliphatic hydroxyl groups excluding tert-OH is 1. The molecule has 0 aliphatic heterocycles. The summed E-state index contributed by atoms with van der Waals surface area (Å²) in [6.07, 6.45) is 3.36. The molecule has 0 spiro atoms. The molecule has 2 aromatic rings. The number of aliphatic hydroxyl groups is 1. The summed E-state index contributed by atoms with van der Waals surface area (Å²) in [6, 6.07) is 5.57. The molecule has 1 unspecified atom stereocenters. The van der Waals surface area contributed by atoms with Gasteiger partial charge >= 0.3 is 0 Å². The van der Waals surface area contributed by atoms with Gasteiger partial charge in [0.25, 0.3) is 0 Å². The Hall–Kier alpha value is -1.20. The molecule has 0 fully saturated rings. The van der Waals surface area contributed by atoms with Crippen LogP contribution in [0.1, 0.15) is 17.5 Å². The highest BCUT2D eigenvalue weighted by atomic mass is 79.9. The van der Waals surface area contributed by atoms with Crippen LogP contribution in [0.2, 0.25) is 0 Å². The standard InChI is InChI=1S/C11H12BrN3O/c1-15-6-4-8(14-15)7-10(16)11-9(12)3-2-5-13-11/h2-6,10,16H,7H2,1H3. The van der Waals surface area contributed by atoms with E-state index >= 15 is 0 Å². The Morgan fingerprint density at radius 1 is 1.50 bits per heavy atom. The Kier molecular flexibility index (Phi) is 3.36. The van der Waals surface area contributed by atoms with Crippen LogP contribution in [0.4, 0.5) is 0 Å². The molecule has 2 aromatic heterocycles. The van der Waals surface area contributed by atoms with Crippen LogP contribution in [0, 0.1) is 0 Å². The summed E-state index contributed by atoms with van der Waals surface area (Å²) in [6.45, 7) is 0. The van der Waals surface area contributed by atoms with Crippen LogP contribution in [0.25, 0.3) is 0 Å².